The van der Waals surface area contributed by atoms with E-state index >= 15 is 0 Å². The highest BCUT2D eigenvalue weighted by Crippen LogP contribution is 2.43. The lowest BCUT2D eigenvalue weighted by Gasteiger charge is -2.15. The third kappa shape index (κ3) is 2.52. The van der Waals surface area contributed by atoms with Crippen LogP contribution in [0.25, 0.3) is 0 Å². The molecule has 0 N–H and O–H groups in total. The van der Waals surface area contributed by atoms with E-state index in [1.807, 2.05) is 0 Å². The van der Waals surface area contributed by atoms with Gasteiger partial charge in [-0.15, -0.1) is 0 Å². The molecule has 0 aliphatic heterocycles. The molecule has 7 heteroatoms. The summed E-state index contributed by atoms with van der Waals surface area (Å²) in [6.07, 6.45) is -3.24. The summed E-state index contributed by atoms with van der Waals surface area (Å²) in [4.78, 5) is 1.72. The van der Waals surface area contributed by atoms with Crippen LogP contribution in [0.4, 0.5) is 13.2 Å². The number of pyridine rings is 1. The molecule has 0 aromatic carbocycles. The monoisotopic (exact) mass is 307 g/mol. The van der Waals surface area contributed by atoms with Gasteiger partial charge >= 0.3 is 6.18 Å². The molecule has 0 saturated carbocycles. The predicted molar refractivity (Wildman–Crippen MR) is 52.0 cm³/mol. The highest BCUT2D eigenvalue weighted by atomic mass is 79.9. The summed E-state index contributed by atoms with van der Waals surface area (Å²) in [5.74, 6) is 0. The van der Waals surface area contributed by atoms with E-state index in [0.29, 0.717) is 0 Å². The Hall–Kier alpha value is -0.000000000000000111. The van der Waals surface area contributed by atoms with Crippen LogP contribution in [0.1, 0.15) is 10.4 Å². The van der Waals surface area contributed by atoms with Crippen molar-refractivity contribution in [2.24, 2.45) is 0 Å². The van der Waals surface area contributed by atoms with Gasteiger partial charge in [0.05, 0.1) is 5.02 Å². The lowest BCUT2D eigenvalue weighted by Crippen LogP contribution is -2.15. The molecule has 1 aromatic rings. The molecule has 1 atom stereocenters. The van der Waals surface area contributed by atoms with Crippen molar-refractivity contribution >= 4 is 39.1 Å². The number of halogens is 6. The molecule has 1 unspecified atom stereocenters. The van der Waals surface area contributed by atoms with Gasteiger partial charge < -0.3 is 0 Å². The quantitative estimate of drug-likeness (QED) is 0.554. The zero-order chi connectivity index (χ0) is 10.9. The minimum atomic E-state index is -4.41. The molecule has 0 radical (unpaired) electrons. The van der Waals surface area contributed by atoms with Gasteiger partial charge in [-0.1, -0.05) is 39.1 Å². The topological polar surface area (TPSA) is 12.9 Å². The van der Waals surface area contributed by atoms with Gasteiger partial charge in [-0.3, -0.25) is 0 Å². The predicted octanol–water partition coefficient (Wildman–Crippen LogP) is 4.39. The van der Waals surface area contributed by atoms with E-state index in [9.17, 15) is 13.2 Å². The Morgan fingerprint density at radius 2 is 1.93 bits per heavy atom. The second-order valence-electron chi connectivity index (χ2n) is 2.41. The number of alkyl halides is 4. The molecule has 14 heavy (non-hydrogen) atoms. The van der Waals surface area contributed by atoms with Crippen molar-refractivity contribution < 1.29 is 13.2 Å². The Morgan fingerprint density at radius 1 is 1.36 bits per heavy atom. The Kier molecular flexibility index (Phi) is 3.66. The minimum absolute atomic E-state index is 0.140. The smallest absolute Gasteiger partial charge is 0.243 e. The highest BCUT2D eigenvalue weighted by Gasteiger charge is 2.40. The first-order chi connectivity index (χ1) is 6.34. The second kappa shape index (κ2) is 4.24. The van der Waals surface area contributed by atoms with Gasteiger partial charge in [0, 0.05) is 6.20 Å². The van der Waals surface area contributed by atoms with Crippen LogP contribution >= 0.6 is 39.1 Å². The largest absolute Gasteiger partial charge is 0.405 e. The maximum Gasteiger partial charge on any atom is 0.405 e. The van der Waals surface area contributed by atoms with Gasteiger partial charge in [0.25, 0.3) is 0 Å². The number of rotatable bonds is 1. The average Bonchev–Trinajstić information content (AvgIpc) is 2.07. The minimum Gasteiger partial charge on any atom is -0.243 e. The van der Waals surface area contributed by atoms with Crippen LogP contribution in [0.3, 0.4) is 0 Å². The van der Waals surface area contributed by atoms with E-state index in [4.69, 9.17) is 23.2 Å². The van der Waals surface area contributed by atoms with Gasteiger partial charge in [0.1, 0.15) is 9.98 Å². The summed E-state index contributed by atoms with van der Waals surface area (Å²) in [5.41, 5.74) is -0.140. The van der Waals surface area contributed by atoms with Gasteiger partial charge in [-0.2, -0.15) is 13.2 Å². The van der Waals surface area contributed by atoms with Crippen molar-refractivity contribution in [3.05, 3.63) is 28.0 Å². The van der Waals surface area contributed by atoms with E-state index in [0.717, 1.165) is 0 Å². The van der Waals surface area contributed by atoms with Crippen molar-refractivity contribution in [3.63, 3.8) is 0 Å². The molecule has 1 rings (SSSR count). The fourth-order valence-electron chi connectivity index (χ4n) is 0.804. The molecular weight excluding hydrogens is 306 g/mol. The molecule has 0 aliphatic carbocycles. The van der Waals surface area contributed by atoms with Crippen LogP contribution in [-0.2, 0) is 0 Å². The maximum absolute atomic E-state index is 12.3. The fourth-order valence-corrected chi connectivity index (χ4v) is 1.70. The normalized spacial score (nSPS) is 14.1. The molecule has 0 bridgehead atoms. The average molecular weight is 309 g/mol. The van der Waals surface area contributed by atoms with Gasteiger partial charge in [-0.05, 0) is 11.6 Å². The third-order valence-electron chi connectivity index (χ3n) is 1.44. The number of aromatic nitrogens is 1. The van der Waals surface area contributed by atoms with Crippen LogP contribution < -0.4 is 0 Å². The Bertz CT molecular complexity index is 342. The van der Waals surface area contributed by atoms with Crippen molar-refractivity contribution in [1.29, 1.82) is 0 Å². The van der Waals surface area contributed by atoms with Crippen molar-refractivity contribution in [2.75, 3.05) is 0 Å². The first kappa shape index (κ1) is 12.1. The number of nitrogens with zero attached hydrogens (tertiary/aromatic N) is 1. The van der Waals surface area contributed by atoms with Crippen LogP contribution in [-0.4, -0.2) is 11.2 Å². The maximum atomic E-state index is 12.3. The van der Waals surface area contributed by atoms with Gasteiger partial charge in [-0.25, -0.2) is 4.98 Å². The zero-order valence-corrected chi connectivity index (χ0v) is 9.54. The second-order valence-corrected chi connectivity index (χ2v) is 4.06. The van der Waals surface area contributed by atoms with Crippen molar-refractivity contribution in [1.82, 2.24) is 4.98 Å². The molecule has 0 aliphatic rings. The zero-order valence-electron chi connectivity index (χ0n) is 6.45. The molecule has 1 heterocycles. The van der Waals surface area contributed by atoms with Gasteiger partial charge in [0.2, 0.25) is 0 Å². The first-order valence-electron chi connectivity index (χ1n) is 3.34. The summed E-state index contributed by atoms with van der Waals surface area (Å²) < 4.78 is 36.8. The Labute approximate surface area is 96.4 Å². The van der Waals surface area contributed by atoms with E-state index in [1.165, 1.54) is 12.3 Å². The van der Waals surface area contributed by atoms with E-state index in [2.05, 4.69) is 20.9 Å². The lowest BCUT2D eigenvalue weighted by molar-refractivity contribution is -0.128. The summed E-state index contributed by atoms with van der Waals surface area (Å²) in [6, 6.07) is 1.17. The number of hydrogen-bond donors (Lipinski definition) is 0. The first-order valence-corrected chi connectivity index (χ1v) is 5.02. The Balaban J connectivity index is 3.14. The van der Waals surface area contributed by atoms with E-state index in [-0.39, 0.29) is 15.7 Å². The Morgan fingerprint density at radius 3 is 2.43 bits per heavy atom. The molecule has 1 aromatic heterocycles. The summed E-state index contributed by atoms with van der Waals surface area (Å²) in [5, 5.41) is -0.328. The third-order valence-corrected chi connectivity index (χ3v) is 3.23. The number of hydrogen-bond acceptors (Lipinski definition) is 1. The molecular formula is C7H3BrCl2F3N. The van der Waals surface area contributed by atoms with Gasteiger partial charge in [0.15, 0.2) is 0 Å². The van der Waals surface area contributed by atoms with E-state index in [1.54, 1.807) is 0 Å². The SMILES string of the molecule is FC(F)(F)C(Br)c1ccnc(Cl)c1Cl. The molecule has 0 saturated heterocycles. The molecule has 1 nitrogen and oxygen atoms in total. The van der Waals surface area contributed by atoms with Crippen LogP contribution in [0.2, 0.25) is 10.2 Å². The fraction of sp³-hybridized carbons (Fsp3) is 0.286. The van der Waals surface area contributed by atoms with Crippen LogP contribution in [0.15, 0.2) is 12.3 Å². The summed E-state index contributed by atoms with van der Waals surface area (Å²) >= 11 is 13.5. The standard InChI is InChI=1S/C7H3BrCl2F3N/c8-5(7(11,12)13)3-1-2-14-6(10)4(3)9/h1-2,5H. The van der Waals surface area contributed by atoms with Crippen molar-refractivity contribution in [2.45, 2.75) is 11.0 Å². The molecule has 78 valence electrons. The van der Waals surface area contributed by atoms with Crippen LogP contribution in [0, 0.1) is 0 Å². The van der Waals surface area contributed by atoms with Crippen molar-refractivity contribution in [3.8, 4) is 0 Å². The highest BCUT2D eigenvalue weighted by molar-refractivity contribution is 9.09. The summed E-state index contributed by atoms with van der Waals surface area (Å²) in [7, 11) is 0. The molecule has 0 spiro atoms. The lowest BCUT2D eigenvalue weighted by atomic mass is 10.2. The van der Waals surface area contributed by atoms with E-state index < -0.39 is 11.0 Å². The molecule has 0 fully saturated rings. The van der Waals surface area contributed by atoms with Crippen LogP contribution in [0.5, 0.6) is 0 Å². The molecule has 0 amide bonds. The summed E-state index contributed by atoms with van der Waals surface area (Å²) in [6.45, 7) is 0.